The number of phenolic OH excluding ortho intramolecular Hbond substituents is 1. The van der Waals surface area contributed by atoms with Gasteiger partial charge in [-0.1, -0.05) is 18.5 Å². The van der Waals surface area contributed by atoms with E-state index in [1.807, 2.05) is 6.92 Å². The van der Waals surface area contributed by atoms with Crippen molar-refractivity contribution in [3.63, 3.8) is 0 Å². The van der Waals surface area contributed by atoms with E-state index in [-0.39, 0.29) is 23.8 Å². The minimum atomic E-state index is -0.893. The Morgan fingerprint density at radius 3 is 2.71 bits per heavy atom. The highest BCUT2D eigenvalue weighted by Gasteiger charge is 2.42. The fourth-order valence-electron chi connectivity index (χ4n) is 2.78. The number of nitrogens with zero attached hydrogens (tertiary/aromatic N) is 1. The van der Waals surface area contributed by atoms with E-state index < -0.39 is 11.4 Å². The summed E-state index contributed by atoms with van der Waals surface area (Å²) in [6.07, 6.45) is 1.67. The van der Waals surface area contributed by atoms with Gasteiger partial charge >= 0.3 is 5.97 Å². The number of carboxylic acid groups (broad SMARTS) is 1. The topological polar surface area (TPSA) is 77.8 Å². The average molecular weight is 312 g/mol. The fraction of sp³-hybridized carbons (Fsp3) is 0.467. The number of amides is 1. The van der Waals surface area contributed by atoms with Crippen molar-refractivity contribution >= 4 is 23.5 Å². The van der Waals surface area contributed by atoms with Crippen molar-refractivity contribution in [2.45, 2.75) is 26.2 Å². The standard InChI is InChI=1S/C15H18ClNO4/c1-2-15(14(20)21)6-3-7-17(9-15)13(19)11-5-4-10(16)8-12(11)18/h4-5,8,18H,2-3,6-7,9H2,1H3,(H,20,21)/t15-/m1/s1. The highest BCUT2D eigenvalue weighted by atomic mass is 35.5. The molecule has 2 N–H and O–H groups in total. The molecule has 0 radical (unpaired) electrons. The summed E-state index contributed by atoms with van der Waals surface area (Å²) in [6.45, 7) is 2.48. The van der Waals surface area contributed by atoms with Crippen LogP contribution in [0, 0.1) is 5.41 Å². The Balaban J connectivity index is 2.25. The monoisotopic (exact) mass is 311 g/mol. The largest absolute Gasteiger partial charge is 0.507 e. The zero-order valence-electron chi connectivity index (χ0n) is 11.8. The van der Waals surface area contributed by atoms with Gasteiger partial charge in [0.15, 0.2) is 0 Å². The number of carbonyl (C=O) groups is 2. The number of carbonyl (C=O) groups excluding carboxylic acids is 1. The first-order valence-corrected chi connectivity index (χ1v) is 7.28. The third-order valence-corrected chi connectivity index (χ3v) is 4.42. The first-order valence-electron chi connectivity index (χ1n) is 6.91. The summed E-state index contributed by atoms with van der Waals surface area (Å²) in [5, 5.41) is 19.6. The minimum absolute atomic E-state index is 0.150. The summed E-state index contributed by atoms with van der Waals surface area (Å²) in [6, 6.07) is 4.30. The summed E-state index contributed by atoms with van der Waals surface area (Å²) in [5.74, 6) is -1.42. The number of piperidine rings is 1. The number of halogens is 1. The summed E-state index contributed by atoms with van der Waals surface area (Å²) < 4.78 is 0. The maximum atomic E-state index is 12.5. The van der Waals surface area contributed by atoms with Crippen LogP contribution in [0.3, 0.4) is 0 Å². The smallest absolute Gasteiger partial charge is 0.311 e. The van der Waals surface area contributed by atoms with Crippen molar-refractivity contribution < 1.29 is 19.8 Å². The van der Waals surface area contributed by atoms with Crippen LogP contribution in [0.5, 0.6) is 5.75 Å². The highest BCUT2D eigenvalue weighted by Crippen LogP contribution is 2.35. The number of carboxylic acids is 1. The Hall–Kier alpha value is -1.75. The Labute approximate surface area is 128 Å². The Morgan fingerprint density at radius 2 is 2.14 bits per heavy atom. The van der Waals surface area contributed by atoms with E-state index >= 15 is 0 Å². The van der Waals surface area contributed by atoms with Gasteiger partial charge < -0.3 is 15.1 Å². The molecule has 1 atom stereocenters. The predicted molar refractivity (Wildman–Crippen MR) is 78.6 cm³/mol. The van der Waals surface area contributed by atoms with Gasteiger partial charge in [-0.2, -0.15) is 0 Å². The van der Waals surface area contributed by atoms with Gasteiger partial charge in [0.2, 0.25) is 0 Å². The Bertz CT molecular complexity index is 575. The van der Waals surface area contributed by atoms with E-state index in [9.17, 15) is 19.8 Å². The average Bonchev–Trinajstić information content (AvgIpc) is 2.46. The van der Waals surface area contributed by atoms with Gasteiger partial charge in [0.1, 0.15) is 5.75 Å². The number of benzene rings is 1. The molecule has 2 rings (SSSR count). The van der Waals surface area contributed by atoms with Crippen molar-refractivity contribution in [1.82, 2.24) is 4.90 Å². The van der Waals surface area contributed by atoms with Crippen molar-refractivity contribution in [1.29, 1.82) is 0 Å². The SMILES string of the molecule is CC[C@@]1(C(=O)O)CCCN(C(=O)c2ccc(Cl)cc2O)C1. The van der Waals surface area contributed by atoms with E-state index in [0.717, 1.165) is 0 Å². The first kappa shape index (κ1) is 15.6. The Morgan fingerprint density at radius 1 is 1.43 bits per heavy atom. The Kier molecular flexibility index (Phi) is 4.42. The molecular formula is C15H18ClNO4. The number of aromatic hydroxyl groups is 1. The van der Waals surface area contributed by atoms with E-state index in [0.29, 0.717) is 30.8 Å². The van der Waals surface area contributed by atoms with Gasteiger partial charge in [0.25, 0.3) is 5.91 Å². The van der Waals surface area contributed by atoms with E-state index in [2.05, 4.69) is 0 Å². The molecule has 21 heavy (non-hydrogen) atoms. The summed E-state index contributed by atoms with van der Waals surface area (Å²) >= 11 is 5.75. The molecular weight excluding hydrogens is 294 g/mol. The molecule has 6 heteroatoms. The molecule has 0 bridgehead atoms. The van der Waals surface area contributed by atoms with Crippen LogP contribution in [0.15, 0.2) is 18.2 Å². The van der Waals surface area contributed by atoms with E-state index in [1.54, 1.807) is 0 Å². The number of hydrogen-bond acceptors (Lipinski definition) is 3. The second-order valence-electron chi connectivity index (χ2n) is 5.43. The summed E-state index contributed by atoms with van der Waals surface area (Å²) in [7, 11) is 0. The third-order valence-electron chi connectivity index (χ3n) is 4.18. The molecule has 0 spiro atoms. The summed E-state index contributed by atoms with van der Waals surface area (Å²) in [5.41, 5.74) is -0.743. The molecule has 1 saturated heterocycles. The maximum Gasteiger partial charge on any atom is 0.311 e. The lowest BCUT2D eigenvalue weighted by Gasteiger charge is -2.39. The van der Waals surface area contributed by atoms with Gasteiger partial charge in [-0.15, -0.1) is 0 Å². The predicted octanol–water partition coefficient (Wildman–Crippen LogP) is 2.76. The lowest BCUT2D eigenvalue weighted by molar-refractivity contribution is -0.152. The maximum absolute atomic E-state index is 12.5. The molecule has 0 aromatic heterocycles. The molecule has 1 aliphatic heterocycles. The molecule has 0 saturated carbocycles. The molecule has 0 aliphatic carbocycles. The fourth-order valence-corrected chi connectivity index (χ4v) is 2.94. The zero-order valence-corrected chi connectivity index (χ0v) is 12.6. The third kappa shape index (κ3) is 2.97. The van der Waals surface area contributed by atoms with Crippen molar-refractivity contribution in [2.75, 3.05) is 13.1 Å². The zero-order chi connectivity index (χ0) is 15.6. The molecule has 114 valence electrons. The van der Waals surface area contributed by atoms with Crippen molar-refractivity contribution in [3.8, 4) is 5.75 Å². The normalized spacial score (nSPS) is 22.1. The van der Waals surface area contributed by atoms with Crippen LogP contribution in [0.25, 0.3) is 0 Å². The van der Waals surface area contributed by atoms with Crippen LogP contribution in [0.2, 0.25) is 5.02 Å². The number of hydrogen-bond donors (Lipinski definition) is 2. The second kappa shape index (κ2) is 5.93. The molecule has 1 aromatic rings. The van der Waals surface area contributed by atoms with E-state index in [4.69, 9.17) is 11.6 Å². The van der Waals surface area contributed by atoms with Gasteiger partial charge in [0, 0.05) is 18.1 Å². The number of likely N-dealkylation sites (tertiary alicyclic amines) is 1. The second-order valence-corrected chi connectivity index (χ2v) is 5.87. The molecule has 5 nitrogen and oxygen atoms in total. The number of aliphatic carboxylic acids is 1. The van der Waals surface area contributed by atoms with Crippen LogP contribution >= 0.6 is 11.6 Å². The van der Waals surface area contributed by atoms with Gasteiger partial charge in [-0.25, -0.2) is 0 Å². The minimum Gasteiger partial charge on any atom is -0.507 e. The molecule has 1 aromatic carbocycles. The molecule has 1 amide bonds. The van der Waals surface area contributed by atoms with Crippen molar-refractivity contribution in [2.24, 2.45) is 5.41 Å². The van der Waals surface area contributed by atoms with E-state index in [1.165, 1.54) is 23.1 Å². The molecule has 1 fully saturated rings. The molecule has 0 unspecified atom stereocenters. The van der Waals surface area contributed by atoms with Crippen LogP contribution in [-0.2, 0) is 4.79 Å². The molecule has 1 heterocycles. The van der Waals surface area contributed by atoms with Crippen LogP contribution in [0.1, 0.15) is 36.5 Å². The quantitative estimate of drug-likeness (QED) is 0.899. The lowest BCUT2D eigenvalue weighted by atomic mass is 9.77. The molecule has 1 aliphatic rings. The van der Waals surface area contributed by atoms with Gasteiger partial charge in [-0.3, -0.25) is 9.59 Å². The van der Waals surface area contributed by atoms with Gasteiger partial charge in [0.05, 0.1) is 11.0 Å². The number of rotatable bonds is 3. The van der Waals surface area contributed by atoms with Crippen molar-refractivity contribution in [3.05, 3.63) is 28.8 Å². The van der Waals surface area contributed by atoms with Gasteiger partial charge in [-0.05, 0) is 37.5 Å². The lowest BCUT2D eigenvalue weighted by Crippen LogP contribution is -2.49. The highest BCUT2D eigenvalue weighted by molar-refractivity contribution is 6.30. The van der Waals surface area contributed by atoms with Crippen LogP contribution < -0.4 is 0 Å². The summed E-state index contributed by atoms with van der Waals surface area (Å²) in [4.78, 5) is 25.5. The van der Waals surface area contributed by atoms with Crippen LogP contribution in [0.4, 0.5) is 0 Å². The first-order chi connectivity index (χ1) is 9.89. The number of phenols is 1. The van der Waals surface area contributed by atoms with Crippen LogP contribution in [-0.4, -0.2) is 40.1 Å².